The molecule has 0 aliphatic heterocycles. The maximum absolute atomic E-state index is 14.3. The molecule has 0 saturated heterocycles. The van der Waals surface area contributed by atoms with Crippen molar-refractivity contribution < 1.29 is 13.9 Å². The van der Waals surface area contributed by atoms with Gasteiger partial charge in [0.2, 0.25) is 0 Å². The number of aryl methyl sites for hydroxylation is 1. The van der Waals surface area contributed by atoms with E-state index in [2.05, 4.69) is 32.1 Å². The van der Waals surface area contributed by atoms with Crippen molar-refractivity contribution in [2.75, 3.05) is 13.7 Å². The third-order valence-corrected chi connectivity index (χ3v) is 6.40. The van der Waals surface area contributed by atoms with Gasteiger partial charge in [-0.2, -0.15) is 5.10 Å². The van der Waals surface area contributed by atoms with Crippen LogP contribution in [0.15, 0.2) is 24.5 Å². The Balaban J connectivity index is 1.51. The average molecular weight is 428 g/mol. The number of rotatable bonds is 8. The van der Waals surface area contributed by atoms with Gasteiger partial charge in [0.1, 0.15) is 17.5 Å². The second-order valence-electron chi connectivity index (χ2n) is 8.34. The zero-order valence-corrected chi connectivity index (χ0v) is 18.3. The van der Waals surface area contributed by atoms with E-state index in [0.29, 0.717) is 31.6 Å². The topological polar surface area (TPSA) is 73.5 Å². The second kappa shape index (κ2) is 9.28. The lowest BCUT2D eigenvalue weighted by Crippen LogP contribution is -2.32. The molecule has 0 radical (unpaired) electrons. The van der Waals surface area contributed by atoms with Gasteiger partial charge >= 0.3 is 0 Å². The number of nitrogens with zero attached hydrogens (tertiary/aromatic N) is 4. The first kappa shape index (κ1) is 21.6. The minimum absolute atomic E-state index is 0.127. The highest BCUT2D eigenvalue weighted by Crippen LogP contribution is 2.36. The Labute approximate surface area is 181 Å². The summed E-state index contributed by atoms with van der Waals surface area (Å²) in [5.74, 6) is 0.127. The van der Waals surface area contributed by atoms with Gasteiger partial charge in [-0.05, 0) is 44.9 Å². The predicted molar refractivity (Wildman–Crippen MR) is 116 cm³/mol. The van der Waals surface area contributed by atoms with E-state index in [9.17, 15) is 9.18 Å². The normalized spacial score (nSPS) is 21.6. The Morgan fingerprint density at radius 2 is 2.19 bits per heavy atom. The molecule has 1 fully saturated rings. The molecule has 2 unspecified atom stereocenters. The van der Waals surface area contributed by atoms with E-state index in [4.69, 9.17) is 4.74 Å². The molecule has 3 aromatic heterocycles. The molecular weight excluding hydrogens is 397 g/mol. The number of fused-ring (bicyclic) bond motifs is 1. The smallest absolute Gasteiger partial charge is 0.170 e. The number of halogens is 1. The highest BCUT2D eigenvalue weighted by atomic mass is 19.1. The summed E-state index contributed by atoms with van der Waals surface area (Å²) in [6.07, 6.45) is 6.01. The zero-order chi connectivity index (χ0) is 22.0. The second-order valence-corrected chi connectivity index (χ2v) is 8.34. The molecule has 1 aliphatic carbocycles. The van der Waals surface area contributed by atoms with Gasteiger partial charge in [-0.25, -0.2) is 9.37 Å². The van der Waals surface area contributed by atoms with Crippen molar-refractivity contribution in [2.24, 2.45) is 7.05 Å². The van der Waals surface area contributed by atoms with E-state index in [1.165, 1.54) is 0 Å². The third-order valence-electron chi connectivity index (χ3n) is 6.40. The lowest BCUT2D eigenvalue weighted by atomic mass is 9.81. The summed E-state index contributed by atoms with van der Waals surface area (Å²) in [6.45, 7) is 3.10. The maximum atomic E-state index is 14.3. The third kappa shape index (κ3) is 4.41. The molecule has 31 heavy (non-hydrogen) atoms. The zero-order valence-electron chi connectivity index (χ0n) is 18.3. The van der Waals surface area contributed by atoms with Gasteiger partial charge in [-0.1, -0.05) is 6.07 Å². The fourth-order valence-corrected chi connectivity index (χ4v) is 4.62. The monoisotopic (exact) mass is 427 g/mol. The van der Waals surface area contributed by atoms with Gasteiger partial charge in [0, 0.05) is 43.4 Å². The van der Waals surface area contributed by atoms with E-state index < -0.39 is 6.17 Å². The SMILES string of the molecule is CNCc1cnc2ccc([C@@H]3CCC(F)CC3OCCc3c(C=O)nn(C)c3C)cn12. The number of pyridine rings is 1. The molecule has 8 heteroatoms. The summed E-state index contributed by atoms with van der Waals surface area (Å²) in [4.78, 5) is 15.8. The van der Waals surface area contributed by atoms with Gasteiger partial charge in [-0.3, -0.25) is 9.48 Å². The fraction of sp³-hybridized carbons (Fsp3) is 0.522. The molecule has 0 amide bonds. The Hall–Kier alpha value is -2.58. The Bertz CT molecular complexity index is 1060. The average Bonchev–Trinajstić information content (AvgIpc) is 3.29. The van der Waals surface area contributed by atoms with Crippen molar-refractivity contribution in [3.63, 3.8) is 0 Å². The molecule has 3 aromatic rings. The minimum atomic E-state index is -0.844. The number of alkyl halides is 1. The summed E-state index contributed by atoms with van der Waals surface area (Å²) in [5.41, 5.74) is 5.44. The largest absolute Gasteiger partial charge is 0.377 e. The van der Waals surface area contributed by atoms with Crippen LogP contribution in [-0.2, 0) is 24.8 Å². The van der Waals surface area contributed by atoms with Crippen LogP contribution in [0.1, 0.15) is 58.2 Å². The van der Waals surface area contributed by atoms with Gasteiger partial charge in [-0.15, -0.1) is 0 Å². The molecule has 0 aromatic carbocycles. The van der Waals surface area contributed by atoms with Crippen LogP contribution in [0.4, 0.5) is 4.39 Å². The van der Waals surface area contributed by atoms with Crippen LogP contribution in [-0.4, -0.2) is 51.4 Å². The van der Waals surface area contributed by atoms with E-state index in [-0.39, 0.29) is 12.0 Å². The first-order chi connectivity index (χ1) is 15.0. The maximum Gasteiger partial charge on any atom is 0.170 e. The summed E-state index contributed by atoms with van der Waals surface area (Å²) in [6, 6.07) is 4.10. The highest BCUT2D eigenvalue weighted by molar-refractivity contribution is 5.74. The molecule has 7 nitrogen and oxygen atoms in total. The quantitative estimate of drug-likeness (QED) is 0.559. The molecule has 0 bridgehead atoms. The number of hydrogen-bond acceptors (Lipinski definition) is 5. The lowest BCUT2D eigenvalue weighted by molar-refractivity contribution is -0.00736. The Kier molecular flexibility index (Phi) is 6.48. The van der Waals surface area contributed by atoms with Gasteiger partial charge < -0.3 is 14.5 Å². The van der Waals surface area contributed by atoms with Crippen molar-refractivity contribution in [3.8, 4) is 0 Å². The summed E-state index contributed by atoms with van der Waals surface area (Å²) >= 11 is 0. The van der Waals surface area contributed by atoms with Crippen LogP contribution in [0.3, 0.4) is 0 Å². The minimum Gasteiger partial charge on any atom is -0.377 e. The van der Waals surface area contributed by atoms with Gasteiger partial charge in [0.05, 0.1) is 24.6 Å². The highest BCUT2D eigenvalue weighted by Gasteiger charge is 2.33. The standard InChI is InChI=1S/C23H30FN5O2/c1-15-19(21(14-30)27-28(15)3)8-9-31-22-10-17(24)5-6-20(22)16-4-7-23-26-12-18(11-25-2)29(23)13-16/h4,7,12-14,17,20,22,25H,5-6,8-11H2,1-3H3/t17?,20-,22?/m0/s1. The number of carbonyl (C=O) groups is 1. The molecular formula is C23H30FN5O2. The fourth-order valence-electron chi connectivity index (χ4n) is 4.62. The molecule has 1 N–H and O–H groups in total. The summed E-state index contributed by atoms with van der Waals surface area (Å²) < 4.78 is 24.3. The van der Waals surface area contributed by atoms with Crippen molar-refractivity contribution in [1.29, 1.82) is 0 Å². The number of ether oxygens (including phenoxy) is 1. The van der Waals surface area contributed by atoms with Crippen LogP contribution in [0.25, 0.3) is 5.65 Å². The first-order valence-electron chi connectivity index (χ1n) is 10.9. The number of imidazole rings is 1. The van der Waals surface area contributed by atoms with E-state index in [1.807, 2.05) is 33.3 Å². The summed E-state index contributed by atoms with van der Waals surface area (Å²) in [5, 5.41) is 7.40. The molecule has 1 saturated carbocycles. The molecule has 166 valence electrons. The molecule has 3 atom stereocenters. The van der Waals surface area contributed by atoms with Gasteiger partial charge in [0.15, 0.2) is 6.29 Å². The predicted octanol–water partition coefficient (Wildman–Crippen LogP) is 3.14. The van der Waals surface area contributed by atoms with Crippen molar-refractivity contribution in [3.05, 3.63) is 52.7 Å². The first-order valence-corrected chi connectivity index (χ1v) is 10.9. The molecule has 0 spiro atoms. The molecule has 3 heterocycles. The summed E-state index contributed by atoms with van der Waals surface area (Å²) in [7, 11) is 3.74. The van der Waals surface area contributed by atoms with E-state index in [1.54, 1.807) is 4.68 Å². The van der Waals surface area contributed by atoms with Crippen molar-refractivity contribution in [1.82, 2.24) is 24.5 Å². The van der Waals surface area contributed by atoms with E-state index in [0.717, 1.165) is 47.4 Å². The molecule has 4 rings (SSSR count). The molecule has 1 aliphatic rings. The number of aromatic nitrogens is 4. The van der Waals surface area contributed by atoms with Crippen molar-refractivity contribution in [2.45, 2.75) is 57.3 Å². The van der Waals surface area contributed by atoms with E-state index >= 15 is 0 Å². The van der Waals surface area contributed by atoms with Crippen LogP contribution < -0.4 is 5.32 Å². The van der Waals surface area contributed by atoms with Crippen LogP contribution in [0, 0.1) is 6.92 Å². The number of carbonyl (C=O) groups excluding carboxylic acids is 1. The number of aldehydes is 1. The lowest BCUT2D eigenvalue weighted by Gasteiger charge is -2.33. The van der Waals surface area contributed by atoms with Crippen LogP contribution in [0.5, 0.6) is 0 Å². The Morgan fingerprint density at radius 1 is 1.35 bits per heavy atom. The van der Waals surface area contributed by atoms with Crippen molar-refractivity contribution >= 4 is 11.9 Å². The number of hydrogen-bond donors (Lipinski definition) is 1. The Morgan fingerprint density at radius 3 is 2.97 bits per heavy atom. The number of nitrogens with one attached hydrogen (secondary N) is 1. The van der Waals surface area contributed by atoms with Crippen LogP contribution in [0.2, 0.25) is 0 Å². The van der Waals surface area contributed by atoms with Crippen LogP contribution >= 0.6 is 0 Å². The van der Waals surface area contributed by atoms with Gasteiger partial charge in [0.25, 0.3) is 0 Å².